The first-order chi connectivity index (χ1) is 9.01. The highest BCUT2D eigenvalue weighted by Gasteiger charge is 2.57. The molecule has 102 valence electrons. The van der Waals surface area contributed by atoms with Crippen LogP contribution in [0.5, 0.6) is 11.8 Å². The van der Waals surface area contributed by atoms with Gasteiger partial charge in [-0.2, -0.15) is 9.97 Å². The number of anilines is 1. The van der Waals surface area contributed by atoms with Gasteiger partial charge in [0.05, 0.1) is 20.3 Å². The van der Waals surface area contributed by atoms with Crippen molar-refractivity contribution in [3.63, 3.8) is 0 Å². The number of carbonyl (C=O) groups is 2. The summed E-state index contributed by atoms with van der Waals surface area (Å²) < 4.78 is 9.86. The molecule has 1 aliphatic rings. The molecule has 2 rings (SSSR count). The third-order valence-corrected chi connectivity index (χ3v) is 2.92. The van der Waals surface area contributed by atoms with E-state index in [4.69, 9.17) is 14.6 Å². The molecule has 1 aliphatic carbocycles. The Morgan fingerprint density at radius 1 is 1.26 bits per heavy atom. The van der Waals surface area contributed by atoms with Gasteiger partial charge >= 0.3 is 5.97 Å². The van der Waals surface area contributed by atoms with E-state index in [0.717, 1.165) is 0 Å². The molecule has 1 fully saturated rings. The fraction of sp³-hybridized carbons (Fsp3) is 0.455. The fourth-order valence-corrected chi connectivity index (χ4v) is 1.55. The van der Waals surface area contributed by atoms with E-state index in [-0.39, 0.29) is 17.7 Å². The van der Waals surface area contributed by atoms with Crippen LogP contribution in [0, 0.1) is 5.41 Å². The Hall–Kier alpha value is -2.38. The van der Waals surface area contributed by atoms with Gasteiger partial charge < -0.3 is 14.6 Å². The normalized spacial score (nSPS) is 15.5. The highest BCUT2D eigenvalue weighted by Crippen LogP contribution is 2.46. The van der Waals surface area contributed by atoms with Crippen molar-refractivity contribution in [1.29, 1.82) is 0 Å². The Morgan fingerprint density at radius 3 is 2.16 bits per heavy atom. The number of nitrogens with zero attached hydrogens (tertiary/aromatic N) is 2. The molecule has 1 aromatic heterocycles. The Balaban J connectivity index is 2.19. The molecule has 0 saturated heterocycles. The average Bonchev–Trinajstić information content (AvgIpc) is 3.19. The molecule has 8 heteroatoms. The van der Waals surface area contributed by atoms with E-state index in [1.165, 1.54) is 20.3 Å². The molecule has 19 heavy (non-hydrogen) atoms. The molecule has 1 heterocycles. The quantitative estimate of drug-likeness (QED) is 0.738. The number of hydrogen-bond acceptors (Lipinski definition) is 6. The van der Waals surface area contributed by atoms with E-state index < -0.39 is 17.3 Å². The van der Waals surface area contributed by atoms with Crippen LogP contribution >= 0.6 is 0 Å². The lowest BCUT2D eigenvalue weighted by molar-refractivity contribution is -0.147. The Kier molecular flexibility index (Phi) is 3.24. The van der Waals surface area contributed by atoms with Crippen LogP contribution in [-0.2, 0) is 9.59 Å². The highest BCUT2D eigenvalue weighted by molar-refractivity contribution is 6.10. The molecule has 0 spiro atoms. The minimum atomic E-state index is -1.35. The van der Waals surface area contributed by atoms with Crippen LogP contribution < -0.4 is 14.8 Å². The third-order valence-electron chi connectivity index (χ3n) is 2.92. The first-order valence-corrected chi connectivity index (χ1v) is 5.54. The summed E-state index contributed by atoms with van der Waals surface area (Å²) in [6.07, 6.45) is 0.630. The summed E-state index contributed by atoms with van der Waals surface area (Å²) in [7, 11) is 2.82. The molecule has 1 amide bonds. The molecule has 0 aromatic carbocycles. The van der Waals surface area contributed by atoms with Gasteiger partial charge in [0.2, 0.25) is 23.6 Å². The standard InChI is InChI=1S/C11H13N3O5/c1-18-6-5-7(19-2)13-10(12-6)14-8(15)11(3-4-11)9(16)17/h5H,3-4H2,1-2H3,(H,16,17)(H,12,13,14,15). The zero-order valence-corrected chi connectivity index (χ0v) is 10.5. The molecule has 1 saturated carbocycles. The van der Waals surface area contributed by atoms with Crippen molar-refractivity contribution in [2.45, 2.75) is 12.8 Å². The number of nitrogens with one attached hydrogen (secondary N) is 1. The molecule has 0 bridgehead atoms. The molecular formula is C11H13N3O5. The van der Waals surface area contributed by atoms with Crippen LogP contribution in [0.15, 0.2) is 6.07 Å². The first kappa shape index (κ1) is 13.1. The number of carboxylic acids is 1. The lowest BCUT2D eigenvalue weighted by atomic mass is 10.1. The van der Waals surface area contributed by atoms with Crippen LogP contribution in [-0.4, -0.2) is 41.2 Å². The lowest BCUT2D eigenvalue weighted by Crippen LogP contribution is -2.31. The van der Waals surface area contributed by atoms with Crippen molar-refractivity contribution in [3.8, 4) is 11.8 Å². The average molecular weight is 267 g/mol. The summed E-state index contributed by atoms with van der Waals surface area (Å²) in [5.41, 5.74) is -1.35. The summed E-state index contributed by atoms with van der Waals surface area (Å²) in [5, 5.41) is 11.4. The van der Waals surface area contributed by atoms with Gasteiger partial charge in [0.15, 0.2) is 0 Å². The van der Waals surface area contributed by atoms with Crippen molar-refractivity contribution in [1.82, 2.24) is 9.97 Å². The molecule has 1 aromatic rings. The summed E-state index contributed by atoms with van der Waals surface area (Å²) in [6, 6.07) is 1.44. The molecule has 0 unspecified atom stereocenters. The number of aromatic nitrogens is 2. The number of carbonyl (C=O) groups excluding carboxylic acids is 1. The van der Waals surface area contributed by atoms with Gasteiger partial charge in [-0.1, -0.05) is 0 Å². The third kappa shape index (κ3) is 2.42. The van der Waals surface area contributed by atoms with Crippen molar-refractivity contribution in [2.24, 2.45) is 5.41 Å². The van der Waals surface area contributed by atoms with E-state index in [2.05, 4.69) is 15.3 Å². The Bertz CT molecular complexity index is 505. The lowest BCUT2D eigenvalue weighted by Gasteiger charge is -2.11. The fourth-order valence-electron chi connectivity index (χ4n) is 1.55. The van der Waals surface area contributed by atoms with Crippen molar-refractivity contribution in [2.75, 3.05) is 19.5 Å². The van der Waals surface area contributed by atoms with Gasteiger partial charge in [-0.15, -0.1) is 0 Å². The van der Waals surface area contributed by atoms with Crippen molar-refractivity contribution < 1.29 is 24.2 Å². The summed E-state index contributed by atoms with van der Waals surface area (Å²) in [4.78, 5) is 30.7. The maximum atomic E-state index is 11.9. The number of hydrogen-bond donors (Lipinski definition) is 2. The largest absolute Gasteiger partial charge is 0.481 e. The maximum absolute atomic E-state index is 11.9. The molecule has 8 nitrogen and oxygen atoms in total. The predicted octanol–water partition coefficient (Wildman–Crippen LogP) is 0.297. The van der Waals surface area contributed by atoms with Gasteiger partial charge in [0.1, 0.15) is 5.41 Å². The molecule has 0 atom stereocenters. The second-order valence-corrected chi connectivity index (χ2v) is 4.12. The number of methoxy groups -OCH3 is 2. The van der Waals surface area contributed by atoms with Crippen LogP contribution in [0.3, 0.4) is 0 Å². The maximum Gasteiger partial charge on any atom is 0.319 e. The minimum absolute atomic E-state index is 0.0475. The topological polar surface area (TPSA) is 111 Å². The SMILES string of the molecule is COc1cc(OC)nc(NC(=O)C2(C(=O)O)CC2)n1. The van der Waals surface area contributed by atoms with E-state index in [9.17, 15) is 9.59 Å². The van der Waals surface area contributed by atoms with Gasteiger partial charge in [0, 0.05) is 0 Å². The van der Waals surface area contributed by atoms with E-state index in [1.807, 2.05) is 0 Å². The van der Waals surface area contributed by atoms with Gasteiger partial charge in [0.25, 0.3) is 0 Å². The van der Waals surface area contributed by atoms with Gasteiger partial charge in [-0.05, 0) is 12.8 Å². The second kappa shape index (κ2) is 4.71. The minimum Gasteiger partial charge on any atom is -0.481 e. The van der Waals surface area contributed by atoms with E-state index >= 15 is 0 Å². The molecular weight excluding hydrogens is 254 g/mol. The molecule has 0 aliphatic heterocycles. The Labute approximate surface area is 108 Å². The van der Waals surface area contributed by atoms with Crippen molar-refractivity contribution in [3.05, 3.63) is 6.07 Å². The molecule has 0 radical (unpaired) electrons. The van der Waals surface area contributed by atoms with Crippen LogP contribution in [0.2, 0.25) is 0 Å². The smallest absolute Gasteiger partial charge is 0.319 e. The summed E-state index contributed by atoms with van der Waals surface area (Å²) >= 11 is 0. The summed E-state index contributed by atoms with van der Waals surface area (Å²) in [6.45, 7) is 0. The predicted molar refractivity (Wildman–Crippen MR) is 63.1 cm³/mol. The number of rotatable bonds is 5. The monoisotopic (exact) mass is 267 g/mol. The summed E-state index contributed by atoms with van der Waals surface area (Å²) in [5.74, 6) is -1.39. The zero-order chi connectivity index (χ0) is 14.0. The zero-order valence-electron chi connectivity index (χ0n) is 10.5. The van der Waals surface area contributed by atoms with Crippen LogP contribution in [0.25, 0.3) is 0 Å². The van der Waals surface area contributed by atoms with Crippen LogP contribution in [0.4, 0.5) is 5.95 Å². The second-order valence-electron chi connectivity index (χ2n) is 4.12. The Morgan fingerprint density at radius 2 is 1.79 bits per heavy atom. The molecule has 2 N–H and O–H groups in total. The number of ether oxygens (including phenoxy) is 2. The van der Waals surface area contributed by atoms with E-state index in [0.29, 0.717) is 12.8 Å². The van der Waals surface area contributed by atoms with Crippen molar-refractivity contribution >= 4 is 17.8 Å². The van der Waals surface area contributed by atoms with Gasteiger partial charge in [-0.3, -0.25) is 14.9 Å². The van der Waals surface area contributed by atoms with E-state index in [1.54, 1.807) is 0 Å². The van der Waals surface area contributed by atoms with Gasteiger partial charge in [-0.25, -0.2) is 0 Å². The highest BCUT2D eigenvalue weighted by atomic mass is 16.5. The van der Waals surface area contributed by atoms with Crippen LogP contribution in [0.1, 0.15) is 12.8 Å². The number of aliphatic carboxylic acids is 1. The first-order valence-electron chi connectivity index (χ1n) is 5.54. The number of amides is 1. The number of carboxylic acid groups (broad SMARTS) is 1.